The first-order chi connectivity index (χ1) is 11.5. The number of halogens is 1. The van der Waals surface area contributed by atoms with E-state index in [1.165, 1.54) is 17.8 Å². The van der Waals surface area contributed by atoms with Crippen molar-refractivity contribution in [1.82, 2.24) is 9.88 Å². The van der Waals surface area contributed by atoms with Crippen LogP contribution >= 0.6 is 22.9 Å². The number of anilines is 1. The van der Waals surface area contributed by atoms with Gasteiger partial charge >= 0.3 is 0 Å². The smallest absolute Gasteiger partial charge is 0.257 e. The Morgan fingerprint density at radius 3 is 2.62 bits per heavy atom. The summed E-state index contributed by atoms with van der Waals surface area (Å²) < 4.78 is 0. The Kier molecular flexibility index (Phi) is 5.54. The summed E-state index contributed by atoms with van der Waals surface area (Å²) in [5, 5.41) is 6.15. The zero-order chi connectivity index (χ0) is 17.1. The number of nitrogens with one attached hydrogen (secondary N) is 1. The number of carbonyl (C=O) groups is 1. The van der Waals surface area contributed by atoms with Crippen LogP contribution in [0.25, 0.3) is 0 Å². The molecule has 1 amide bonds. The van der Waals surface area contributed by atoms with Crippen LogP contribution in [-0.4, -0.2) is 28.9 Å². The average Bonchev–Trinajstić information content (AvgIpc) is 2.93. The summed E-state index contributed by atoms with van der Waals surface area (Å²) in [4.78, 5) is 19.2. The van der Waals surface area contributed by atoms with Crippen LogP contribution in [0.5, 0.6) is 0 Å². The van der Waals surface area contributed by atoms with Gasteiger partial charge in [-0.1, -0.05) is 25.4 Å². The SMILES string of the molecule is CC1CC(C)CN(Cc2csc(NC(=O)c3ccc(Cl)cc3)n2)C1. The van der Waals surface area contributed by atoms with Gasteiger partial charge in [0, 0.05) is 35.6 Å². The first-order valence-electron chi connectivity index (χ1n) is 8.23. The van der Waals surface area contributed by atoms with Crippen molar-refractivity contribution in [2.24, 2.45) is 11.8 Å². The third-order valence-corrected chi connectivity index (χ3v) is 5.27. The summed E-state index contributed by atoms with van der Waals surface area (Å²) in [5.74, 6) is 1.31. The monoisotopic (exact) mass is 363 g/mol. The molecule has 0 radical (unpaired) electrons. The van der Waals surface area contributed by atoms with E-state index in [9.17, 15) is 4.79 Å². The normalized spacial score (nSPS) is 21.6. The van der Waals surface area contributed by atoms with E-state index in [-0.39, 0.29) is 5.91 Å². The molecule has 1 aromatic carbocycles. The zero-order valence-electron chi connectivity index (χ0n) is 14.0. The van der Waals surface area contributed by atoms with Gasteiger partial charge in [-0.05, 0) is 42.5 Å². The van der Waals surface area contributed by atoms with Gasteiger partial charge in [-0.3, -0.25) is 15.0 Å². The summed E-state index contributed by atoms with van der Waals surface area (Å²) in [6, 6.07) is 6.84. The predicted molar refractivity (Wildman–Crippen MR) is 99.7 cm³/mol. The first kappa shape index (κ1) is 17.4. The Hall–Kier alpha value is -1.43. The molecule has 2 atom stereocenters. The molecule has 1 aliphatic rings. The minimum Gasteiger partial charge on any atom is -0.298 e. The van der Waals surface area contributed by atoms with Gasteiger partial charge in [0.25, 0.3) is 5.91 Å². The largest absolute Gasteiger partial charge is 0.298 e. The molecule has 2 heterocycles. The van der Waals surface area contributed by atoms with Crippen molar-refractivity contribution in [2.45, 2.75) is 26.8 Å². The number of thiazole rings is 1. The Morgan fingerprint density at radius 1 is 1.29 bits per heavy atom. The number of likely N-dealkylation sites (tertiary alicyclic amines) is 1. The first-order valence-corrected chi connectivity index (χ1v) is 9.49. The molecule has 2 aromatic rings. The van der Waals surface area contributed by atoms with E-state index in [2.05, 4.69) is 29.0 Å². The minimum atomic E-state index is -0.159. The van der Waals surface area contributed by atoms with Crippen LogP contribution in [0.1, 0.15) is 36.3 Å². The molecule has 1 aromatic heterocycles. The van der Waals surface area contributed by atoms with E-state index in [4.69, 9.17) is 11.6 Å². The lowest BCUT2D eigenvalue weighted by Gasteiger charge is -2.34. The summed E-state index contributed by atoms with van der Waals surface area (Å²) in [6.45, 7) is 7.70. The maximum atomic E-state index is 12.2. The third kappa shape index (κ3) is 4.56. The highest BCUT2D eigenvalue weighted by Gasteiger charge is 2.22. The standard InChI is InChI=1S/C18H22ClN3OS/c1-12-7-13(2)9-22(8-12)10-16-11-24-18(20-16)21-17(23)14-3-5-15(19)6-4-14/h3-6,11-13H,7-10H2,1-2H3,(H,20,21,23). The molecule has 0 spiro atoms. The molecule has 6 heteroatoms. The topological polar surface area (TPSA) is 45.2 Å². The van der Waals surface area contributed by atoms with Crippen molar-refractivity contribution in [3.63, 3.8) is 0 Å². The summed E-state index contributed by atoms with van der Waals surface area (Å²) in [5.41, 5.74) is 1.60. The van der Waals surface area contributed by atoms with Crippen molar-refractivity contribution in [3.8, 4) is 0 Å². The second kappa shape index (κ2) is 7.64. The fourth-order valence-corrected chi connectivity index (χ4v) is 4.18. The van der Waals surface area contributed by atoms with Gasteiger partial charge in [0.15, 0.2) is 5.13 Å². The molecule has 1 fully saturated rings. The lowest BCUT2D eigenvalue weighted by atomic mass is 9.92. The Bertz CT molecular complexity index is 691. The molecule has 2 unspecified atom stereocenters. The van der Waals surface area contributed by atoms with Crippen LogP contribution in [0.3, 0.4) is 0 Å². The van der Waals surface area contributed by atoms with Crippen LogP contribution < -0.4 is 5.32 Å². The van der Waals surface area contributed by atoms with Gasteiger partial charge < -0.3 is 0 Å². The van der Waals surface area contributed by atoms with Crippen LogP contribution in [0.15, 0.2) is 29.6 Å². The number of nitrogens with zero attached hydrogens (tertiary/aromatic N) is 2. The molecule has 0 bridgehead atoms. The molecule has 1 saturated heterocycles. The number of hydrogen-bond donors (Lipinski definition) is 1. The number of aromatic nitrogens is 1. The van der Waals surface area contributed by atoms with Gasteiger partial charge in [0.1, 0.15) is 0 Å². The Morgan fingerprint density at radius 2 is 1.96 bits per heavy atom. The fourth-order valence-electron chi connectivity index (χ4n) is 3.36. The zero-order valence-corrected chi connectivity index (χ0v) is 15.5. The molecular formula is C18H22ClN3OS. The van der Waals surface area contributed by atoms with Gasteiger partial charge in [-0.15, -0.1) is 11.3 Å². The molecule has 0 saturated carbocycles. The summed E-state index contributed by atoms with van der Waals surface area (Å²) >= 11 is 7.32. The number of carbonyl (C=O) groups excluding carboxylic acids is 1. The van der Waals surface area contributed by atoms with E-state index in [0.717, 1.165) is 37.2 Å². The van der Waals surface area contributed by atoms with E-state index >= 15 is 0 Å². The summed E-state index contributed by atoms with van der Waals surface area (Å²) in [6.07, 6.45) is 1.30. The molecule has 4 nitrogen and oxygen atoms in total. The molecule has 0 aliphatic carbocycles. The van der Waals surface area contributed by atoms with Gasteiger partial charge in [-0.25, -0.2) is 4.98 Å². The fraction of sp³-hybridized carbons (Fsp3) is 0.444. The van der Waals surface area contributed by atoms with Crippen LogP contribution in [0.2, 0.25) is 5.02 Å². The van der Waals surface area contributed by atoms with Gasteiger partial charge in [-0.2, -0.15) is 0 Å². The number of piperidine rings is 1. The molecular weight excluding hydrogens is 342 g/mol. The summed E-state index contributed by atoms with van der Waals surface area (Å²) in [7, 11) is 0. The lowest BCUT2D eigenvalue weighted by Crippen LogP contribution is -2.38. The van der Waals surface area contributed by atoms with E-state index in [0.29, 0.717) is 15.7 Å². The van der Waals surface area contributed by atoms with Gasteiger partial charge in [0.2, 0.25) is 0 Å². The second-order valence-electron chi connectivity index (χ2n) is 6.75. The number of rotatable bonds is 4. The predicted octanol–water partition coefficient (Wildman–Crippen LogP) is 4.53. The number of benzene rings is 1. The molecule has 24 heavy (non-hydrogen) atoms. The average molecular weight is 364 g/mol. The van der Waals surface area contributed by atoms with Crippen molar-refractivity contribution < 1.29 is 4.79 Å². The van der Waals surface area contributed by atoms with Crippen molar-refractivity contribution in [1.29, 1.82) is 0 Å². The number of hydrogen-bond acceptors (Lipinski definition) is 4. The van der Waals surface area contributed by atoms with Crippen molar-refractivity contribution in [2.75, 3.05) is 18.4 Å². The minimum absolute atomic E-state index is 0.159. The third-order valence-electron chi connectivity index (χ3n) is 4.21. The highest BCUT2D eigenvalue weighted by molar-refractivity contribution is 7.13. The second-order valence-corrected chi connectivity index (χ2v) is 8.04. The Balaban J connectivity index is 1.59. The van der Waals surface area contributed by atoms with Crippen LogP contribution in [0.4, 0.5) is 5.13 Å². The highest BCUT2D eigenvalue weighted by atomic mass is 35.5. The lowest BCUT2D eigenvalue weighted by molar-refractivity contribution is 0.102. The van der Waals surface area contributed by atoms with E-state index < -0.39 is 0 Å². The maximum Gasteiger partial charge on any atom is 0.257 e. The van der Waals surface area contributed by atoms with Gasteiger partial charge in [0.05, 0.1) is 5.69 Å². The highest BCUT2D eigenvalue weighted by Crippen LogP contribution is 2.24. The van der Waals surface area contributed by atoms with Crippen LogP contribution in [-0.2, 0) is 6.54 Å². The van der Waals surface area contributed by atoms with Crippen LogP contribution in [0, 0.1) is 11.8 Å². The quantitative estimate of drug-likeness (QED) is 0.868. The van der Waals surface area contributed by atoms with E-state index in [1.807, 2.05) is 5.38 Å². The van der Waals surface area contributed by atoms with E-state index in [1.54, 1.807) is 24.3 Å². The Labute approximate surface area is 151 Å². The van der Waals surface area contributed by atoms with Crippen molar-refractivity contribution in [3.05, 3.63) is 45.9 Å². The number of amides is 1. The molecule has 1 N–H and O–H groups in total. The molecule has 1 aliphatic heterocycles. The molecule has 128 valence electrons. The van der Waals surface area contributed by atoms with Crippen molar-refractivity contribution >= 4 is 34.0 Å². The maximum absolute atomic E-state index is 12.2. The molecule has 3 rings (SSSR count).